The highest BCUT2D eigenvalue weighted by Gasteiger charge is 2.14. The zero-order valence-electron chi connectivity index (χ0n) is 12.0. The number of hydrogen-bond donors (Lipinski definition) is 1. The predicted molar refractivity (Wildman–Crippen MR) is 90.8 cm³/mol. The quantitative estimate of drug-likeness (QED) is 0.784. The number of rotatable bonds is 5. The summed E-state index contributed by atoms with van der Waals surface area (Å²) in [6.45, 7) is 0.597. The first kappa shape index (κ1) is 14.5. The van der Waals surface area contributed by atoms with Crippen molar-refractivity contribution in [2.75, 3.05) is 5.32 Å². The molecule has 1 N–H and O–H groups in total. The van der Waals surface area contributed by atoms with Crippen LogP contribution in [0, 0.1) is 0 Å². The molecule has 110 valence electrons. The second-order valence-corrected chi connectivity index (χ2v) is 6.49. The lowest BCUT2D eigenvalue weighted by Gasteiger charge is -2.15. The molecule has 2 aromatic rings. The van der Waals surface area contributed by atoms with Crippen molar-refractivity contribution in [1.82, 2.24) is 0 Å². The first-order valence-corrected chi connectivity index (χ1v) is 8.33. The Morgan fingerprint density at radius 1 is 1.05 bits per heavy atom. The van der Waals surface area contributed by atoms with Crippen molar-refractivity contribution in [2.45, 2.75) is 38.3 Å². The SMILES string of the molecule is Brc1cc(NC2CCCC2)cc(OCc2ccccc2)c1. The Labute approximate surface area is 134 Å². The molecule has 0 atom stereocenters. The normalized spacial score (nSPS) is 15.1. The molecule has 0 saturated heterocycles. The summed E-state index contributed by atoms with van der Waals surface area (Å²) in [7, 11) is 0. The molecule has 0 aliphatic heterocycles. The second-order valence-electron chi connectivity index (χ2n) is 5.58. The molecule has 3 rings (SSSR count). The van der Waals surface area contributed by atoms with Crippen molar-refractivity contribution in [3.05, 3.63) is 58.6 Å². The fraction of sp³-hybridized carbons (Fsp3) is 0.333. The van der Waals surface area contributed by atoms with Crippen LogP contribution in [0.5, 0.6) is 5.75 Å². The van der Waals surface area contributed by atoms with Crippen LogP contribution < -0.4 is 10.1 Å². The Bertz CT molecular complexity index is 579. The molecule has 2 nitrogen and oxygen atoms in total. The van der Waals surface area contributed by atoms with Crippen molar-refractivity contribution in [1.29, 1.82) is 0 Å². The van der Waals surface area contributed by atoms with Crippen molar-refractivity contribution in [3.8, 4) is 5.75 Å². The summed E-state index contributed by atoms with van der Waals surface area (Å²) < 4.78 is 6.96. The summed E-state index contributed by atoms with van der Waals surface area (Å²) in [6, 6.07) is 17.1. The molecule has 2 aromatic carbocycles. The molecule has 1 fully saturated rings. The third-order valence-corrected chi connectivity index (χ3v) is 4.30. The van der Waals surface area contributed by atoms with E-state index < -0.39 is 0 Å². The molecule has 1 saturated carbocycles. The number of halogens is 1. The van der Waals surface area contributed by atoms with Crippen LogP contribution in [0.4, 0.5) is 5.69 Å². The maximum Gasteiger partial charge on any atom is 0.122 e. The van der Waals surface area contributed by atoms with Crippen LogP contribution in [-0.4, -0.2) is 6.04 Å². The van der Waals surface area contributed by atoms with Gasteiger partial charge in [0.25, 0.3) is 0 Å². The minimum Gasteiger partial charge on any atom is -0.489 e. The number of hydrogen-bond acceptors (Lipinski definition) is 2. The molecule has 0 bridgehead atoms. The minimum absolute atomic E-state index is 0.597. The molecule has 0 amide bonds. The fourth-order valence-electron chi connectivity index (χ4n) is 2.78. The van der Waals surface area contributed by atoms with E-state index in [0.29, 0.717) is 12.6 Å². The zero-order chi connectivity index (χ0) is 14.5. The van der Waals surface area contributed by atoms with Gasteiger partial charge in [-0.15, -0.1) is 0 Å². The van der Waals surface area contributed by atoms with E-state index in [9.17, 15) is 0 Å². The smallest absolute Gasteiger partial charge is 0.122 e. The molecule has 21 heavy (non-hydrogen) atoms. The van der Waals surface area contributed by atoms with E-state index in [0.717, 1.165) is 15.9 Å². The lowest BCUT2D eigenvalue weighted by Crippen LogP contribution is -2.14. The van der Waals surface area contributed by atoms with E-state index in [4.69, 9.17) is 4.74 Å². The third-order valence-electron chi connectivity index (χ3n) is 3.85. The molecule has 0 aromatic heterocycles. The standard InChI is InChI=1S/C18H20BrNO/c19-15-10-17(20-16-8-4-5-9-16)12-18(11-15)21-13-14-6-2-1-3-7-14/h1-3,6-7,10-12,16,20H,4-5,8-9,13H2. The summed E-state index contributed by atoms with van der Waals surface area (Å²) in [4.78, 5) is 0. The van der Waals surface area contributed by atoms with Gasteiger partial charge in [0.2, 0.25) is 0 Å². The molecule has 0 unspecified atom stereocenters. The molecule has 1 aliphatic rings. The lowest BCUT2D eigenvalue weighted by atomic mass is 10.2. The van der Waals surface area contributed by atoms with E-state index in [2.05, 4.69) is 45.5 Å². The number of anilines is 1. The Balaban J connectivity index is 1.65. The van der Waals surface area contributed by atoms with E-state index in [-0.39, 0.29) is 0 Å². The lowest BCUT2D eigenvalue weighted by molar-refractivity contribution is 0.306. The van der Waals surface area contributed by atoms with E-state index in [1.54, 1.807) is 0 Å². The Hall–Kier alpha value is -1.48. The van der Waals surface area contributed by atoms with Gasteiger partial charge in [0.15, 0.2) is 0 Å². The van der Waals surface area contributed by atoms with Crippen LogP contribution in [0.3, 0.4) is 0 Å². The molecule has 0 spiro atoms. The van der Waals surface area contributed by atoms with Gasteiger partial charge in [0.05, 0.1) is 0 Å². The van der Waals surface area contributed by atoms with Gasteiger partial charge in [-0.3, -0.25) is 0 Å². The topological polar surface area (TPSA) is 21.3 Å². The highest BCUT2D eigenvalue weighted by atomic mass is 79.9. The number of ether oxygens (including phenoxy) is 1. The summed E-state index contributed by atoms with van der Waals surface area (Å²) >= 11 is 3.57. The number of nitrogens with one attached hydrogen (secondary N) is 1. The molecule has 0 heterocycles. The van der Waals surface area contributed by atoms with Crippen molar-refractivity contribution >= 4 is 21.6 Å². The summed E-state index contributed by atoms with van der Waals surface area (Å²) in [6.07, 6.45) is 5.21. The van der Waals surface area contributed by atoms with E-state index in [1.165, 1.54) is 31.2 Å². The van der Waals surface area contributed by atoms with Crippen LogP contribution >= 0.6 is 15.9 Å². The summed E-state index contributed by atoms with van der Waals surface area (Å²) in [5, 5.41) is 3.61. The van der Waals surface area contributed by atoms with Gasteiger partial charge in [-0.1, -0.05) is 59.1 Å². The molecular formula is C18H20BrNO. The summed E-state index contributed by atoms with van der Waals surface area (Å²) in [5.74, 6) is 0.897. The van der Waals surface area contributed by atoms with Crippen molar-refractivity contribution in [2.24, 2.45) is 0 Å². The van der Waals surface area contributed by atoms with E-state index >= 15 is 0 Å². The van der Waals surface area contributed by atoms with Gasteiger partial charge in [-0.25, -0.2) is 0 Å². The summed E-state index contributed by atoms with van der Waals surface area (Å²) in [5.41, 5.74) is 2.32. The Morgan fingerprint density at radius 3 is 2.57 bits per heavy atom. The van der Waals surface area contributed by atoms with Crippen LogP contribution in [0.25, 0.3) is 0 Å². The van der Waals surface area contributed by atoms with Gasteiger partial charge in [-0.05, 0) is 30.5 Å². The molecule has 1 aliphatic carbocycles. The monoisotopic (exact) mass is 345 g/mol. The molecule has 3 heteroatoms. The highest BCUT2D eigenvalue weighted by molar-refractivity contribution is 9.10. The van der Waals surface area contributed by atoms with Crippen LogP contribution in [0.2, 0.25) is 0 Å². The maximum absolute atomic E-state index is 5.91. The largest absolute Gasteiger partial charge is 0.489 e. The zero-order valence-corrected chi connectivity index (χ0v) is 13.6. The molecular weight excluding hydrogens is 326 g/mol. The first-order chi connectivity index (χ1) is 10.3. The first-order valence-electron chi connectivity index (χ1n) is 7.53. The van der Waals surface area contributed by atoms with Crippen LogP contribution in [0.1, 0.15) is 31.2 Å². The number of benzene rings is 2. The fourth-order valence-corrected chi connectivity index (χ4v) is 3.25. The molecule has 0 radical (unpaired) electrons. The van der Waals surface area contributed by atoms with Gasteiger partial charge in [0, 0.05) is 22.3 Å². The Kier molecular flexibility index (Phi) is 4.81. The predicted octanol–water partition coefficient (Wildman–Crippen LogP) is 5.38. The van der Waals surface area contributed by atoms with Gasteiger partial charge in [-0.2, -0.15) is 0 Å². The average Bonchev–Trinajstić information content (AvgIpc) is 2.99. The van der Waals surface area contributed by atoms with Crippen molar-refractivity contribution in [3.63, 3.8) is 0 Å². The third kappa shape index (κ3) is 4.24. The Morgan fingerprint density at radius 2 is 1.81 bits per heavy atom. The van der Waals surface area contributed by atoms with Gasteiger partial charge >= 0.3 is 0 Å². The average molecular weight is 346 g/mol. The minimum atomic E-state index is 0.597. The van der Waals surface area contributed by atoms with E-state index in [1.807, 2.05) is 24.3 Å². The maximum atomic E-state index is 5.91. The van der Waals surface area contributed by atoms with Gasteiger partial charge in [0.1, 0.15) is 12.4 Å². The van der Waals surface area contributed by atoms with Crippen LogP contribution in [0.15, 0.2) is 53.0 Å². The van der Waals surface area contributed by atoms with Crippen LogP contribution in [-0.2, 0) is 6.61 Å². The highest BCUT2D eigenvalue weighted by Crippen LogP contribution is 2.28. The second kappa shape index (κ2) is 6.99. The van der Waals surface area contributed by atoms with Crippen molar-refractivity contribution < 1.29 is 4.74 Å². The van der Waals surface area contributed by atoms with Gasteiger partial charge < -0.3 is 10.1 Å².